The maximum absolute atomic E-state index is 5.67. The summed E-state index contributed by atoms with van der Waals surface area (Å²) in [4.78, 5) is 5.73. The molecule has 0 bridgehead atoms. The van der Waals surface area contributed by atoms with Crippen LogP contribution >= 0.6 is 11.5 Å². The zero-order chi connectivity index (χ0) is 13.9. The van der Waals surface area contributed by atoms with E-state index in [4.69, 9.17) is 5.84 Å². The van der Waals surface area contributed by atoms with Gasteiger partial charge < -0.3 is 0 Å². The van der Waals surface area contributed by atoms with E-state index in [-0.39, 0.29) is 6.04 Å². The highest BCUT2D eigenvalue weighted by molar-refractivity contribution is 7.05. The Morgan fingerprint density at radius 2 is 2.10 bits per heavy atom. The number of hydrogen-bond donors (Lipinski definition) is 2. The molecule has 3 N–H and O–H groups in total. The monoisotopic (exact) mass is 285 g/mol. The number of nitrogens with one attached hydrogen (secondary N) is 1. The number of aryl methyl sites for hydroxylation is 1. The summed E-state index contributed by atoms with van der Waals surface area (Å²) in [6, 6.07) is 12.2. The second kappa shape index (κ2) is 5.62. The quantitative estimate of drug-likeness (QED) is 0.567. The topological polar surface area (TPSA) is 76.7 Å². The van der Waals surface area contributed by atoms with Crippen LogP contribution in [0.2, 0.25) is 0 Å². The van der Waals surface area contributed by atoms with Crippen molar-refractivity contribution in [3.63, 3.8) is 0 Å². The van der Waals surface area contributed by atoms with Gasteiger partial charge in [-0.15, -0.1) is 5.10 Å². The fraction of sp³-hybridized carbons (Fsp3) is 0.214. The summed E-state index contributed by atoms with van der Waals surface area (Å²) in [6.07, 6.45) is 0.714. The summed E-state index contributed by atoms with van der Waals surface area (Å²) < 4.78 is 3.96. The predicted molar refractivity (Wildman–Crippen MR) is 80.2 cm³/mol. The molecule has 5 nitrogen and oxygen atoms in total. The molecule has 20 heavy (non-hydrogen) atoms. The number of pyridine rings is 1. The highest BCUT2D eigenvalue weighted by atomic mass is 32.1. The second-order valence-corrected chi connectivity index (χ2v) is 5.43. The highest BCUT2D eigenvalue weighted by Crippen LogP contribution is 2.23. The van der Waals surface area contributed by atoms with E-state index in [2.05, 4.69) is 32.1 Å². The Kier molecular flexibility index (Phi) is 3.68. The van der Waals surface area contributed by atoms with Gasteiger partial charge in [-0.2, -0.15) is 0 Å². The molecule has 0 amide bonds. The van der Waals surface area contributed by atoms with Crippen molar-refractivity contribution in [3.8, 4) is 0 Å². The van der Waals surface area contributed by atoms with Gasteiger partial charge in [-0.3, -0.25) is 16.3 Å². The Morgan fingerprint density at radius 1 is 1.25 bits per heavy atom. The minimum absolute atomic E-state index is 0.0105. The van der Waals surface area contributed by atoms with Crippen molar-refractivity contribution in [2.45, 2.75) is 19.4 Å². The molecule has 0 saturated heterocycles. The van der Waals surface area contributed by atoms with Crippen LogP contribution in [-0.4, -0.2) is 14.6 Å². The van der Waals surface area contributed by atoms with E-state index >= 15 is 0 Å². The third-order valence-corrected chi connectivity index (χ3v) is 4.21. The Morgan fingerprint density at radius 3 is 2.85 bits per heavy atom. The van der Waals surface area contributed by atoms with Crippen molar-refractivity contribution in [1.82, 2.24) is 20.0 Å². The highest BCUT2D eigenvalue weighted by Gasteiger charge is 2.17. The molecule has 1 unspecified atom stereocenters. The van der Waals surface area contributed by atoms with Gasteiger partial charge in [-0.25, -0.2) is 0 Å². The van der Waals surface area contributed by atoms with Crippen LogP contribution < -0.4 is 11.3 Å². The molecule has 3 aromatic rings. The molecule has 0 aliphatic rings. The van der Waals surface area contributed by atoms with Crippen LogP contribution in [-0.2, 0) is 6.42 Å². The Bertz CT molecular complexity index is 724. The SMILES string of the molecule is Cc1nnsc1C(Cc1ccc2ccccc2n1)NN. The molecule has 102 valence electrons. The summed E-state index contributed by atoms with van der Waals surface area (Å²) in [6.45, 7) is 1.94. The average molecular weight is 285 g/mol. The first kappa shape index (κ1) is 13.1. The van der Waals surface area contributed by atoms with Crippen LogP contribution in [0.25, 0.3) is 10.9 Å². The first-order chi connectivity index (χ1) is 9.78. The van der Waals surface area contributed by atoms with Crippen LogP contribution in [0.1, 0.15) is 22.3 Å². The normalized spacial score (nSPS) is 12.7. The van der Waals surface area contributed by atoms with Crippen LogP contribution in [0.4, 0.5) is 0 Å². The number of rotatable bonds is 4. The van der Waals surface area contributed by atoms with Gasteiger partial charge in [0.1, 0.15) is 0 Å². The lowest BCUT2D eigenvalue weighted by Crippen LogP contribution is -2.29. The van der Waals surface area contributed by atoms with Gasteiger partial charge in [0.15, 0.2) is 0 Å². The van der Waals surface area contributed by atoms with E-state index < -0.39 is 0 Å². The molecule has 0 radical (unpaired) electrons. The third kappa shape index (κ3) is 2.53. The molecule has 2 heterocycles. The van der Waals surface area contributed by atoms with Gasteiger partial charge in [0.05, 0.1) is 22.1 Å². The van der Waals surface area contributed by atoms with Crippen molar-refractivity contribution in [1.29, 1.82) is 0 Å². The van der Waals surface area contributed by atoms with Crippen molar-refractivity contribution in [2.24, 2.45) is 5.84 Å². The fourth-order valence-corrected chi connectivity index (χ4v) is 2.92. The van der Waals surface area contributed by atoms with Gasteiger partial charge in [-0.05, 0) is 30.6 Å². The summed E-state index contributed by atoms with van der Waals surface area (Å²) in [5, 5.41) is 5.17. The van der Waals surface area contributed by atoms with Gasteiger partial charge >= 0.3 is 0 Å². The first-order valence-electron chi connectivity index (χ1n) is 6.37. The van der Waals surface area contributed by atoms with E-state index in [1.807, 2.05) is 31.2 Å². The summed E-state index contributed by atoms with van der Waals surface area (Å²) in [5.74, 6) is 5.67. The number of para-hydroxylation sites is 1. The molecular weight excluding hydrogens is 270 g/mol. The van der Waals surface area contributed by atoms with E-state index in [9.17, 15) is 0 Å². The van der Waals surface area contributed by atoms with Crippen LogP contribution in [0.3, 0.4) is 0 Å². The Hall–Kier alpha value is -1.89. The predicted octanol–water partition coefficient (Wildman–Crippen LogP) is 2.14. The number of hydrazine groups is 1. The molecule has 3 rings (SSSR count). The zero-order valence-corrected chi connectivity index (χ0v) is 11.9. The Balaban J connectivity index is 1.89. The number of fused-ring (bicyclic) bond motifs is 1. The number of hydrogen-bond acceptors (Lipinski definition) is 6. The van der Waals surface area contributed by atoms with E-state index in [1.165, 1.54) is 11.5 Å². The van der Waals surface area contributed by atoms with Crippen molar-refractivity contribution in [2.75, 3.05) is 0 Å². The van der Waals surface area contributed by atoms with Gasteiger partial charge in [0, 0.05) is 17.5 Å². The number of benzene rings is 1. The van der Waals surface area contributed by atoms with Crippen molar-refractivity contribution in [3.05, 3.63) is 52.7 Å². The molecule has 1 atom stereocenters. The summed E-state index contributed by atoms with van der Waals surface area (Å²) >= 11 is 1.37. The Labute approximate surface area is 121 Å². The van der Waals surface area contributed by atoms with Crippen molar-refractivity contribution < 1.29 is 0 Å². The maximum Gasteiger partial charge on any atom is 0.0773 e. The smallest absolute Gasteiger partial charge is 0.0773 e. The molecule has 2 aromatic heterocycles. The minimum Gasteiger partial charge on any atom is -0.271 e. The molecule has 6 heteroatoms. The minimum atomic E-state index is -0.0105. The summed E-state index contributed by atoms with van der Waals surface area (Å²) in [5.41, 5.74) is 5.75. The maximum atomic E-state index is 5.67. The molecule has 0 spiro atoms. The van der Waals surface area contributed by atoms with E-state index in [0.717, 1.165) is 27.2 Å². The molecule has 1 aromatic carbocycles. The van der Waals surface area contributed by atoms with Gasteiger partial charge in [0.2, 0.25) is 0 Å². The number of nitrogens with zero attached hydrogens (tertiary/aromatic N) is 3. The molecule has 0 aliphatic carbocycles. The van der Waals surface area contributed by atoms with Crippen LogP contribution in [0.5, 0.6) is 0 Å². The van der Waals surface area contributed by atoms with E-state index in [0.29, 0.717) is 6.42 Å². The van der Waals surface area contributed by atoms with Crippen LogP contribution in [0, 0.1) is 6.92 Å². The number of aromatic nitrogens is 3. The fourth-order valence-electron chi connectivity index (χ4n) is 2.22. The molecule has 0 saturated carbocycles. The van der Waals surface area contributed by atoms with Crippen molar-refractivity contribution >= 4 is 22.4 Å². The average Bonchev–Trinajstić information content (AvgIpc) is 2.91. The lowest BCUT2D eigenvalue weighted by molar-refractivity contribution is 0.551. The molecule has 0 aliphatic heterocycles. The van der Waals surface area contributed by atoms with Gasteiger partial charge in [0.25, 0.3) is 0 Å². The van der Waals surface area contributed by atoms with Gasteiger partial charge in [-0.1, -0.05) is 28.8 Å². The molecule has 0 fully saturated rings. The molecular formula is C14H15N5S. The second-order valence-electron chi connectivity index (χ2n) is 4.64. The lowest BCUT2D eigenvalue weighted by atomic mass is 10.1. The van der Waals surface area contributed by atoms with E-state index in [1.54, 1.807) is 0 Å². The lowest BCUT2D eigenvalue weighted by Gasteiger charge is -2.14. The number of nitrogens with two attached hydrogens (primary N) is 1. The largest absolute Gasteiger partial charge is 0.271 e. The summed E-state index contributed by atoms with van der Waals surface area (Å²) in [7, 11) is 0. The van der Waals surface area contributed by atoms with Crippen LogP contribution in [0.15, 0.2) is 36.4 Å². The first-order valence-corrected chi connectivity index (χ1v) is 7.15. The standard InChI is InChI=1S/C14H15N5S/c1-9-14(20-19-18-9)13(17-15)8-11-7-6-10-4-2-3-5-12(10)16-11/h2-7,13,17H,8,15H2,1H3. The third-order valence-electron chi connectivity index (χ3n) is 3.27. The zero-order valence-electron chi connectivity index (χ0n) is 11.1.